The molecule has 2 rings (SSSR count). The number of anilines is 1. The average Bonchev–Trinajstić information content (AvgIpc) is 2.73. The van der Waals surface area contributed by atoms with Crippen molar-refractivity contribution in [1.82, 2.24) is 10.3 Å². The highest BCUT2D eigenvalue weighted by atomic mass is 35.5. The summed E-state index contributed by atoms with van der Waals surface area (Å²) < 4.78 is 5.87. The van der Waals surface area contributed by atoms with Gasteiger partial charge in [0.1, 0.15) is 17.3 Å². The molecule has 0 spiro atoms. The molecule has 0 aliphatic heterocycles. The molecule has 0 saturated heterocycles. The van der Waals surface area contributed by atoms with Crippen LogP contribution in [0.3, 0.4) is 0 Å². The van der Waals surface area contributed by atoms with Crippen LogP contribution in [0.2, 0.25) is 5.02 Å². The van der Waals surface area contributed by atoms with Gasteiger partial charge in [-0.1, -0.05) is 49.8 Å². The molecule has 0 aliphatic carbocycles. The van der Waals surface area contributed by atoms with E-state index in [1.165, 1.54) is 11.6 Å². The van der Waals surface area contributed by atoms with E-state index >= 15 is 0 Å². The number of carbonyl (C=O) groups excluding carboxylic acids is 1. The maximum atomic E-state index is 11.7. The predicted molar refractivity (Wildman–Crippen MR) is 124 cm³/mol. The number of pyridine rings is 1. The van der Waals surface area contributed by atoms with Gasteiger partial charge in [-0.3, -0.25) is 4.79 Å². The summed E-state index contributed by atoms with van der Waals surface area (Å²) in [5, 5.41) is 6.73. The fourth-order valence-corrected chi connectivity index (χ4v) is 2.90. The van der Waals surface area contributed by atoms with Crippen molar-refractivity contribution < 1.29 is 9.53 Å². The van der Waals surface area contributed by atoms with Crippen LogP contribution in [0.5, 0.6) is 11.5 Å². The van der Waals surface area contributed by atoms with Crippen LogP contribution >= 0.6 is 11.6 Å². The quantitative estimate of drug-likeness (QED) is 0.329. The van der Waals surface area contributed by atoms with Crippen molar-refractivity contribution in [3.8, 4) is 11.5 Å². The van der Waals surface area contributed by atoms with Crippen LogP contribution in [0, 0.1) is 0 Å². The Morgan fingerprint density at radius 1 is 1.27 bits per heavy atom. The third-order valence-corrected chi connectivity index (χ3v) is 4.59. The van der Waals surface area contributed by atoms with Crippen LogP contribution in [0.15, 0.2) is 79.2 Å². The number of nitrogens with one attached hydrogen (secondary N) is 2. The number of hydrogen-bond donors (Lipinski definition) is 2. The van der Waals surface area contributed by atoms with Gasteiger partial charge < -0.3 is 15.4 Å². The Bertz CT molecular complexity index is 907. The molecule has 1 aromatic carbocycles. The second-order valence-electron chi connectivity index (χ2n) is 6.88. The molecule has 2 N–H and O–H groups in total. The zero-order valence-corrected chi connectivity index (χ0v) is 18.2. The standard InChI is InChI=1S/C24H28ClN3O2/c1-5-7-17(3)8-13-22(18(4)27-24(29)6-2)28-23-16-21(14-15-26-23)30-20-11-9-19(25)10-12-20/h6,8-12,14-16,22H,2,4-5,7,13H2,1,3H3,(H,26,28)(H,27,29)/b17-8+. The highest BCUT2D eigenvalue weighted by Crippen LogP contribution is 2.25. The van der Waals surface area contributed by atoms with Gasteiger partial charge in [-0.25, -0.2) is 4.98 Å². The molecule has 5 nitrogen and oxygen atoms in total. The van der Waals surface area contributed by atoms with E-state index in [1.54, 1.807) is 42.6 Å². The number of ether oxygens (including phenoxy) is 1. The van der Waals surface area contributed by atoms with Gasteiger partial charge in [0.15, 0.2) is 0 Å². The van der Waals surface area contributed by atoms with Crippen LogP contribution in [-0.4, -0.2) is 16.9 Å². The average molecular weight is 426 g/mol. The van der Waals surface area contributed by atoms with Crippen LogP contribution < -0.4 is 15.4 Å². The van der Waals surface area contributed by atoms with Crippen LogP contribution in [0.4, 0.5) is 5.82 Å². The molecule has 158 valence electrons. The molecule has 6 heteroatoms. The third-order valence-electron chi connectivity index (χ3n) is 4.34. The van der Waals surface area contributed by atoms with Crippen LogP contribution in [0.25, 0.3) is 0 Å². The first kappa shape index (κ1) is 23.2. The van der Waals surface area contributed by atoms with E-state index in [0.717, 1.165) is 12.8 Å². The van der Waals surface area contributed by atoms with E-state index in [0.29, 0.717) is 34.5 Å². The van der Waals surface area contributed by atoms with Gasteiger partial charge in [0, 0.05) is 23.0 Å². The summed E-state index contributed by atoms with van der Waals surface area (Å²) in [6, 6.07) is 10.5. The van der Waals surface area contributed by atoms with Gasteiger partial charge in [0.2, 0.25) is 5.91 Å². The van der Waals surface area contributed by atoms with Crippen molar-refractivity contribution in [3.63, 3.8) is 0 Å². The number of halogens is 1. The number of hydrogen-bond acceptors (Lipinski definition) is 4. The topological polar surface area (TPSA) is 63.2 Å². The van der Waals surface area contributed by atoms with Gasteiger partial charge >= 0.3 is 0 Å². The van der Waals surface area contributed by atoms with E-state index in [2.05, 4.69) is 48.7 Å². The van der Waals surface area contributed by atoms with Crippen molar-refractivity contribution >= 4 is 23.3 Å². The zero-order valence-electron chi connectivity index (χ0n) is 17.5. The van der Waals surface area contributed by atoms with Gasteiger partial charge in [-0.05, 0) is 56.2 Å². The SMILES string of the molecule is C=CC(=O)NC(=C)C(C/C=C(\C)CCC)Nc1cc(Oc2ccc(Cl)cc2)ccn1. The molecular formula is C24H28ClN3O2. The summed E-state index contributed by atoms with van der Waals surface area (Å²) in [6.45, 7) is 11.8. The van der Waals surface area contributed by atoms with E-state index < -0.39 is 0 Å². The summed E-state index contributed by atoms with van der Waals surface area (Å²) in [7, 11) is 0. The number of amides is 1. The molecule has 1 amide bonds. The van der Waals surface area contributed by atoms with Crippen molar-refractivity contribution in [2.45, 2.75) is 39.2 Å². The largest absolute Gasteiger partial charge is 0.457 e. The summed E-state index contributed by atoms with van der Waals surface area (Å²) in [4.78, 5) is 16.1. The van der Waals surface area contributed by atoms with Gasteiger partial charge in [-0.2, -0.15) is 0 Å². The first-order chi connectivity index (χ1) is 14.4. The van der Waals surface area contributed by atoms with Crippen molar-refractivity contribution in [2.75, 3.05) is 5.32 Å². The van der Waals surface area contributed by atoms with Crippen molar-refractivity contribution in [3.05, 3.63) is 84.2 Å². The lowest BCUT2D eigenvalue weighted by molar-refractivity contribution is -0.115. The lowest BCUT2D eigenvalue weighted by atomic mass is 10.1. The first-order valence-corrected chi connectivity index (χ1v) is 10.2. The molecule has 30 heavy (non-hydrogen) atoms. The van der Waals surface area contributed by atoms with Gasteiger partial charge in [0.05, 0.1) is 6.04 Å². The normalized spacial score (nSPS) is 12.0. The molecule has 0 bridgehead atoms. The summed E-state index contributed by atoms with van der Waals surface area (Å²) in [6.07, 6.45) is 7.81. The molecule has 2 aromatic rings. The second-order valence-corrected chi connectivity index (χ2v) is 7.32. The highest BCUT2D eigenvalue weighted by molar-refractivity contribution is 6.30. The number of nitrogens with zero attached hydrogens (tertiary/aromatic N) is 1. The van der Waals surface area contributed by atoms with Crippen molar-refractivity contribution in [1.29, 1.82) is 0 Å². The lowest BCUT2D eigenvalue weighted by Gasteiger charge is -2.21. The molecule has 1 heterocycles. The maximum absolute atomic E-state index is 11.7. The van der Waals surface area contributed by atoms with Crippen LogP contribution in [0.1, 0.15) is 33.1 Å². The Hall–Kier alpha value is -3.05. The monoisotopic (exact) mass is 425 g/mol. The van der Waals surface area contributed by atoms with E-state index in [-0.39, 0.29) is 11.9 Å². The Morgan fingerprint density at radius 2 is 2.00 bits per heavy atom. The summed E-state index contributed by atoms with van der Waals surface area (Å²) >= 11 is 5.92. The highest BCUT2D eigenvalue weighted by Gasteiger charge is 2.14. The summed E-state index contributed by atoms with van der Waals surface area (Å²) in [5.74, 6) is 1.62. The lowest BCUT2D eigenvalue weighted by Crippen LogP contribution is -2.32. The number of allylic oxidation sites excluding steroid dienone is 1. The maximum Gasteiger partial charge on any atom is 0.247 e. The fourth-order valence-electron chi connectivity index (χ4n) is 2.77. The molecule has 1 aromatic heterocycles. The minimum atomic E-state index is -0.297. The first-order valence-electron chi connectivity index (χ1n) is 9.85. The molecule has 1 unspecified atom stereocenters. The minimum Gasteiger partial charge on any atom is -0.457 e. The van der Waals surface area contributed by atoms with E-state index in [1.807, 2.05) is 0 Å². The second kappa shape index (κ2) is 11.8. The summed E-state index contributed by atoms with van der Waals surface area (Å²) in [5.41, 5.74) is 1.84. The Balaban J connectivity index is 2.15. The third kappa shape index (κ3) is 7.76. The number of benzene rings is 1. The molecule has 1 atom stereocenters. The Labute approximate surface area is 183 Å². The fraction of sp³-hybridized carbons (Fsp3) is 0.250. The predicted octanol–water partition coefficient (Wildman–Crippen LogP) is 6.26. The Morgan fingerprint density at radius 3 is 2.67 bits per heavy atom. The Kier molecular flexibility index (Phi) is 9.16. The molecule has 0 fully saturated rings. The molecule has 0 radical (unpaired) electrons. The van der Waals surface area contributed by atoms with Crippen LogP contribution in [-0.2, 0) is 4.79 Å². The molecular weight excluding hydrogens is 398 g/mol. The van der Waals surface area contributed by atoms with Gasteiger partial charge in [0.25, 0.3) is 0 Å². The van der Waals surface area contributed by atoms with E-state index in [9.17, 15) is 4.79 Å². The molecule has 0 aliphatic rings. The zero-order chi connectivity index (χ0) is 21.9. The van der Waals surface area contributed by atoms with E-state index in [4.69, 9.17) is 16.3 Å². The smallest absolute Gasteiger partial charge is 0.247 e. The number of carbonyl (C=O) groups is 1. The number of aromatic nitrogens is 1. The van der Waals surface area contributed by atoms with Gasteiger partial charge in [-0.15, -0.1) is 0 Å². The number of rotatable bonds is 11. The minimum absolute atomic E-state index is 0.237. The van der Waals surface area contributed by atoms with Crippen molar-refractivity contribution in [2.24, 2.45) is 0 Å². The molecule has 0 saturated carbocycles.